The molecule has 0 atom stereocenters. The fraction of sp³-hybridized carbons (Fsp3) is 0.346. The van der Waals surface area contributed by atoms with Crippen LogP contribution in [0.25, 0.3) is 10.9 Å². The van der Waals surface area contributed by atoms with Crippen LogP contribution in [0.4, 0.5) is 0 Å². The molecule has 0 radical (unpaired) electrons. The summed E-state index contributed by atoms with van der Waals surface area (Å²) >= 11 is 1.36. The summed E-state index contributed by atoms with van der Waals surface area (Å²) in [5.41, 5.74) is 4.87. The van der Waals surface area contributed by atoms with Gasteiger partial charge in [-0.15, -0.1) is 0 Å². The van der Waals surface area contributed by atoms with E-state index in [4.69, 9.17) is 4.98 Å². The van der Waals surface area contributed by atoms with Crippen LogP contribution >= 0.6 is 11.8 Å². The maximum Gasteiger partial charge on any atom is 0.262 e. The van der Waals surface area contributed by atoms with Gasteiger partial charge in [0, 0.05) is 12.1 Å². The number of nitrogens with zero attached hydrogens (tertiary/aromatic N) is 2. The third-order valence-electron chi connectivity index (χ3n) is 5.89. The van der Waals surface area contributed by atoms with Crippen molar-refractivity contribution in [1.29, 1.82) is 0 Å². The molecule has 3 aromatic rings. The van der Waals surface area contributed by atoms with E-state index in [0.29, 0.717) is 22.6 Å². The van der Waals surface area contributed by atoms with Crippen molar-refractivity contribution in [3.05, 3.63) is 81.2 Å². The van der Waals surface area contributed by atoms with E-state index >= 15 is 0 Å². The average Bonchev–Trinajstić information content (AvgIpc) is 2.79. The molecule has 0 saturated carbocycles. The molecule has 1 aliphatic carbocycles. The van der Waals surface area contributed by atoms with Crippen molar-refractivity contribution in [3.63, 3.8) is 0 Å². The molecule has 0 N–H and O–H groups in total. The van der Waals surface area contributed by atoms with Gasteiger partial charge in [-0.25, -0.2) is 4.98 Å². The molecule has 0 spiro atoms. The van der Waals surface area contributed by atoms with Crippen LogP contribution in [-0.4, -0.2) is 21.1 Å². The summed E-state index contributed by atoms with van der Waals surface area (Å²) in [6, 6.07) is 13.4. The van der Waals surface area contributed by atoms with Crippen LogP contribution in [0.15, 0.2) is 64.1 Å². The zero-order valence-electron chi connectivity index (χ0n) is 18.2. The smallest absolute Gasteiger partial charge is 0.262 e. The molecule has 4 rings (SSSR count). The molecule has 1 aliphatic rings. The standard InChI is InChI=1S/C26H28N2O2S/c1-18-12-13-19(2)22(16-18)24(29)17-31-26-27-23-11-7-6-10-21(23)25(30)28(26)15-14-20-8-4-3-5-9-20/h6-8,10-13,16H,3-5,9,14-15,17H2,1-2H3. The monoisotopic (exact) mass is 432 g/mol. The zero-order chi connectivity index (χ0) is 21.8. The van der Waals surface area contributed by atoms with Gasteiger partial charge >= 0.3 is 0 Å². The lowest BCUT2D eigenvalue weighted by Crippen LogP contribution is -2.24. The third-order valence-corrected chi connectivity index (χ3v) is 6.87. The average molecular weight is 433 g/mol. The summed E-state index contributed by atoms with van der Waals surface area (Å²) in [7, 11) is 0. The lowest BCUT2D eigenvalue weighted by atomic mass is 9.97. The maximum absolute atomic E-state index is 13.2. The number of hydrogen-bond acceptors (Lipinski definition) is 4. The summed E-state index contributed by atoms with van der Waals surface area (Å²) in [4.78, 5) is 30.9. The Labute approximate surface area is 187 Å². The molecule has 0 bridgehead atoms. The number of aryl methyl sites for hydroxylation is 2. The fourth-order valence-corrected chi connectivity index (χ4v) is 4.99. The first-order valence-electron chi connectivity index (χ1n) is 10.9. The second-order valence-electron chi connectivity index (χ2n) is 8.26. The highest BCUT2D eigenvalue weighted by Gasteiger charge is 2.16. The lowest BCUT2D eigenvalue weighted by molar-refractivity contribution is 0.102. The second-order valence-corrected chi connectivity index (χ2v) is 9.20. The summed E-state index contributed by atoms with van der Waals surface area (Å²) in [6.07, 6.45) is 7.90. The summed E-state index contributed by atoms with van der Waals surface area (Å²) in [5, 5.41) is 1.25. The predicted molar refractivity (Wildman–Crippen MR) is 128 cm³/mol. The van der Waals surface area contributed by atoms with Crippen molar-refractivity contribution in [1.82, 2.24) is 9.55 Å². The molecule has 5 heteroatoms. The van der Waals surface area contributed by atoms with Crippen molar-refractivity contribution >= 4 is 28.4 Å². The van der Waals surface area contributed by atoms with E-state index in [1.54, 1.807) is 4.57 Å². The van der Waals surface area contributed by atoms with E-state index in [0.717, 1.165) is 36.0 Å². The normalized spacial score (nSPS) is 13.9. The number of rotatable bonds is 7. The Morgan fingerprint density at radius 3 is 2.77 bits per heavy atom. The molecule has 0 saturated heterocycles. The number of fused-ring (bicyclic) bond motifs is 1. The van der Waals surface area contributed by atoms with Crippen LogP contribution < -0.4 is 5.56 Å². The minimum Gasteiger partial charge on any atom is -0.293 e. The molecular formula is C26H28N2O2S. The lowest BCUT2D eigenvalue weighted by Gasteiger charge is -2.16. The van der Waals surface area contributed by atoms with E-state index in [1.807, 2.05) is 56.3 Å². The molecule has 0 fully saturated rings. The Morgan fingerprint density at radius 1 is 1.13 bits per heavy atom. The Hall–Kier alpha value is -2.66. The molecule has 1 aromatic heterocycles. The van der Waals surface area contributed by atoms with Gasteiger partial charge in [0.05, 0.1) is 16.7 Å². The number of Topliss-reactive ketones (excluding diaryl/α,β-unsaturated/α-hetero) is 1. The summed E-state index contributed by atoms with van der Waals surface area (Å²) < 4.78 is 1.76. The Kier molecular flexibility index (Phi) is 6.71. The Balaban J connectivity index is 1.62. The highest BCUT2D eigenvalue weighted by atomic mass is 32.2. The van der Waals surface area contributed by atoms with Crippen LogP contribution in [0.1, 0.15) is 53.6 Å². The first kappa shape index (κ1) is 21.6. The van der Waals surface area contributed by atoms with E-state index < -0.39 is 0 Å². The van der Waals surface area contributed by atoms with Gasteiger partial charge < -0.3 is 0 Å². The van der Waals surface area contributed by atoms with Crippen molar-refractivity contribution in [2.45, 2.75) is 57.7 Å². The van der Waals surface area contributed by atoms with Crippen molar-refractivity contribution in [2.75, 3.05) is 5.75 Å². The molecule has 2 aromatic carbocycles. The number of aromatic nitrogens is 2. The summed E-state index contributed by atoms with van der Waals surface area (Å²) in [5.74, 6) is 0.327. The maximum atomic E-state index is 13.2. The molecule has 1 heterocycles. The number of allylic oxidation sites excluding steroid dienone is 2. The molecule has 31 heavy (non-hydrogen) atoms. The van der Waals surface area contributed by atoms with Gasteiger partial charge in [-0.1, -0.05) is 53.2 Å². The first-order valence-corrected chi connectivity index (χ1v) is 11.9. The predicted octanol–water partition coefficient (Wildman–Crippen LogP) is 5.88. The van der Waals surface area contributed by atoms with Crippen LogP contribution in [0.3, 0.4) is 0 Å². The van der Waals surface area contributed by atoms with Crippen molar-refractivity contribution in [2.24, 2.45) is 0 Å². The molecule has 0 amide bonds. The van der Waals surface area contributed by atoms with Gasteiger partial charge in [-0.05, 0) is 69.7 Å². The van der Waals surface area contributed by atoms with Crippen molar-refractivity contribution < 1.29 is 4.79 Å². The Bertz CT molecular complexity index is 1210. The van der Waals surface area contributed by atoms with Gasteiger partial charge in [0.2, 0.25) is 0 Å². The summed E-state index contributed by atoms with van der Waals surface area (Å²) in [6.45, 7) is 4.55. The number of carbonyl (C=O) groups is 1. The second kappa shape index (κ2) is 9.65. The molecule has 0 unspecified atom stereocenters. The van der Waals surface area contributed by atoms with E-state index in [2.05, 4.69) is 6.08 Å². The minimum atomic E-state index is -0.0244. The highest BCUT2D eigenvalue weighted by Crippen LogP contribution is 2.24. The first-order chi connectivity index (χ1) is 15.0. The topological polar surface area (TPSA) is 52.0 Å². The van der Waals surface area contributed by atoms with Crippen LogP contribution in [-0.2, 0) is 6.54 Å². The number of hydrogen-bond donors (Lipinski definition) is 0. The van der Waals surface area contributed by atoms with Crippen LogP contribution in [0.2, 0.25) is 0 Å². The number of thioether (sulfide) groups is 1. The van der Waals surface area contributed by atoms with E-state index in [1.165, 1.54) is 30.2 Å². The quantitative estimate of drug-likeness (QED) is 0.202. The number of para-hydroxylation sites is 1. The largest absolute Gasteiger partial charge is 0.293 e. The van der Waals surface area contributed by atoms with E-state index in [9.17, 15) is 9.59 Å². The zero-order valence-corrected chi connectivity index (χ0v) is 19.0. The molecule has 4 nitrogen and oxygen atoms in total. The van der Waals surface area contributed by atoms with Crippen molar-refractivity contribution in [3.8, 4) is 0 Å². The van der Waals surface area contributed by atoms with Gasteiger partial charge in [0.1, 0.15) is 0 Å². The number of benzene rings is 2. The molecule has 0 aliphatic heterocycles. The Morgan fingerprint density at radius 2 is 1.97 bits per heavy atom. The van der Waals surface area contributed by atoms with Crippen LogP contribution in [0.5, 0.6) is 0 Å². The fourth-order valence-electron chi connectivity index (χ4n) is 4.09. The molecule has 160 valence electrons. The van der Waals surface area contributed by atoms with E-state index in [-0.39, 0.29) is 17.1 Å². The van der Waals surface area contributed by atoms with Gasteiger partial charge in [-0.2, -0.15) is 0 Å². The number of carbonyl (C=O) groups excluding carboxylic acids is 1. The SMILES string of the molecule is Cc1ccc(C)c(C(=O)CSc2nc3ccccc3c(=O)n2CCC2=CCCCC2)c1. The van der Waals surface area contributed by atoms with Gasteiger partial charge in [0.15, 0.2) is 10.9 Å². The number of ketones is 1. The third kappa shape index (κ3) is 4.99. The van der Waals surface area contributed by atoms with Crippen LogP contribution in [0, 0.1) is 13.8 Å². The van der Waals surface area contributed by atoms with Gasteiger partial charge in [-0.3, -0.25) is 14.2 Å². The minimum absolute atomic E-state index is 0.0244. The molecular weight excluding hydrogens is 404 g/mol. The van der Waals surface area contributed by atoms with Gasteiger partial charge in [0.25, 0.3) is 5.56 Å². The highest BCUT2D eigenvalue weighted by molar-refractivity contribution is 7.99.